The Balaban J connectivity index is 2.11. The van der Waals surface area contributed by atoms with Crippen molar-refractivity contribution in [2.45, 2.75) is 13.0 Å². The van der Waals surface area contributed by atoms with Crippen molar-refractivity contribution in [2.75, 3.05) is 0 Å². The molecule has 0 bridgehead atoms. The van der Waals surface area contributed by atoms with E-state index in [2.05, 4.69) is 4.98 Å². The first kappa shape index (κ1) is 11.9. The van der Waals surface area contributed by atoms with Crippen LogP contribution in [0.15, 0.2) is 60.9 Å². The summed E-state index contributed by atoms with van der Waals surface area (Å²) in [6, 6.07) is 15.9. The van der Waals surface area contributed by atoms with Gasteiger partial charge in [0, 0.05) is 23.3 Å². The summed E-state index contributed by atoms with van der Waals surface area (Å²) in [6.07, 6.45) is 2.92. The van der Waals surface area contributed by atoms with Crippen LogP contribution in [0, 0.1) is 6.92 Å². The maximum Gasteiger partial charge on any atom is 0.106 e. The molecule has 0 saturated heterocycles. The summed E-state index contributed by atoms with van der Waals surface area (Å²) in [5.41, 5.74) is 2.93. The zero-order chi connectivity index (χ0) is 13.2. The molecule has 1 atom stereocenters. The fourth-order valence-electron chi connectivity index (χ4n) is 2.29. The fourth-order valence-corrected chi connectivity index (χ4v) is 2.29. The zero-order valence-corrected chi connectivity index (χ0v) is 10.7. The van der Waals surface area contributed by atoms with Crippen LogP contribution in [0.1, 0.15) is 22.8 Å². The van der Waals surface area contributed by atoms with E-state index in [9.17, 15) is 5.11 Å². The Bertz CT molecular complexity index is 699. The number of aliphatic hydroxyl groups excluding tert-OH is 1. The number of aromatic nitrogens is 1. The van der Waals surface area contributed by atoms with Gasteiger partial charge in [-0.3, -0.25) is 4.98 Å². The van der Waals surface area contributed by atoms with Crippen molar-refractivity contribution < 1.29 is 5.11 Å². The highest BCUT2D eigenvalue weighted by molar-refractivity contribution is 5.85. The molecule has 0 radical (unpaired) electrons. The van der Waals surface area contributed by atoms with Crippen LogP contribution in [0.4, 0.5) is 0 Å². The molecule has 2 heteroatoms. The molecule has 1 N–H and O–H groups in total. The van der Waals surface area contributed by atoms with Crippen LogP contribution >= 0.6 is 0 Å². The Kier molecular flexibility index (Phi) is 3.02. The number of aliphatic hydroxyl groups is 1. The van der Waals surface area contributed by atoms with E-state index in [0.29, 0.717) is 0 Å². The van der Waals surface area contributed by atoms with Crippen LogP contribution in [0.2, 0.25) is 0 Å². The average molecular weight is 249 g/mol. The van der Waals surface area contributed by atoms with Gasteiger partial charge >= 0.3 is 0 Å². The Morgan fingerprint density at radius 1 is 0.947 bits per heavy atom. The third-order valence-electron chi connectivity index (χ3n) is 3.39. The van der Waals surface area contributed by atoms with Crippen LogP contribution < -0.4 is 0 Å². The minimum absolute atomic E-state index is 0.640. The first-order valence-electron chi connectivity index (χ1n) is 6.33. The maximum atomic E-state index is 10.5. The van der Waals surface area contributed by atoms with Crippen molar-refractivity contribution in [3.63, 3.8) is 0 Å². The number of benzene rings is 2. The van der Waals surface area contributed by atoms with Crippen LogP contribution in [0.3, 0.4) is 0 Å². The van der Waals surface area contributed by atoms with E-state index in [0.717, 1.165) is 21.9 Å². The molecule has 0 aliphatic carbocycles. The first-order valence-corrected chi connectivity index (χ1v) is 6.33. The highest BCUT2D eigenvalue weighted by Gasteiger charge is 2.13. The minimum Gasteiger partial charge on any atom is -0.384 e. The summed E-state index contributed by atoms with van der Waals surface area (Å²) < 4.78 is 0. The largest absolute Gasteiger partial charge is 0.384 e. The van der Waals surface area contributed by atoms with E-state index in [1.165, 1.54) is 5.56 Å². The molecular formula is C17H15NO. The summed E-state index contributed by atoms with van der Waals surface area (Å²) in [5, 5.41) is 12.6. The van der Waals surface area contributed by atoms with Crippen molar-refractivity contribution in [1.29, 1.82) is 0 Å². The number of fused-ring (bicyclic) bond motifs is 1. The maximum absolute atomic E-state index is 10.5. The molecule has 0 saturated carbocycles. The van der Waals surface area contributed by atoms with E-state index in [4.69, 9.17) is 0 Å². The number of rotatable bonds is 2. The average Bonchev–Trinajstić information content (AvgIpc) is 2.47. The van der Waals surface area contributed by atoms with Crippen LogP contribution in [0.5, 0.6) is 0 Å². The standard InChI is InChI=1S/C17H15NO/c1-12-6-8-13(9-7-12)17(19)16-11-18-10-14-4-2-3-5-15(14)16/h2-11,17,19H,1H3. The lowest BCUT2D eigenvalue weighted by atomic mass is 9.97. The SMILES string of the molecule is Cc1ccc(C(O)c2cncc3ccccc23)cc1. The van der Waals surface area contributed by atoms with E-state index in [1.54, 1.807) is 6.20 Å². The molecule has 0 aliphatic heterocycles. The summed E-state index contributed by atoms with van der Waals surface area (Å²) >= 11 is 0. The molecule has 0 fully saturated rings. The van der Waals surface area contributed by atoms with Gasteiger partial charge in [0.25, 0.3) is 0 Å². The second kappa shape index (κ2) is 4.82. The molecule has 94 valence electrons. The topological polar surface area (TPSA) is 33.1 Å². The lowest BCUT2D eigenvalue weighted by molar-refractivity contribution is 0.221. The van der Waals surface area contributed by atoms with Crippen molar-refractivity contribution in [1.82, 2.24) is 4.98 Å². The smallest absolute Gasteiger partial charge is 0.106 e. The normalized spacial score (nSPS) is 12.5. The summed E-state index contributed by atoms with van der Waals surface area (Å²) in [4.78, 5) is 4.22. The van der Waals surface area contributed by atoms with Gasteiger partial charge in [-0.05, 0) is 17.9 Å². The number of aryl methyl sites for hydroxylation is 1. The lowest BCUT2D eigenvalue weighted by Crippen LogP contribution is -2.01. The van der Waals surface area contributed by atoms with Crippen molar-refractivity contribution in [2.24, 2.45) is 0 Å². The molecule has 1 aromatic heterocycles. The quantitative estimate of drug-likeness (QED) is 0.752. The van der Waals surface area contributed by atoms with Crippen LogP contribution in [-0.2, 0) is 0 Å². The first-order chi connectivity index (χ1) is 9.25. The highest BCUT2D eigenvalue weighted by Crippen LogP contribution is 2.27. The third-order valence-corrected chi connectivity index (χ3v) is 3.39. The summed E-state index contributed by atoms with van der Waals surface area (Å²) in [5.74, 6) is 0. The molecule has 2 nitrogen and oxygen atoms in total. The molecule has 0 aliphatic rings. The fraction of sp³-hybridized carbons (Fsp3) is 0.118. The second-order valence-corrected chi connectivity index (χ2v) is 4.76. The van der Waals surface area contributed by atoms with Gasteiger partial charge in [0.2, 0.25) is 0 Å². The van der Waals surface area contributed by atoms with Gasteiger partial charge in [0.1, 0.15) is 6.10 Å². The van der Waals surface area contributed by atoms with Crippen molar-refractivity contribution in [3.8, 4) is 0 Å². The molecule has 1 unspecified atom stereocenters. The predicted octanol–water partition coefficient (Wildman–Crippen LogP) is 3.62. The van der Waals surface area contributed by atoms with Gasteiger partial charge in [0.15, 0.2) is 0 Å². The zero-order valence-electron chi connectivity index (χ0n) is 10.7. The Labute approximate surface area is 112 Å². The number of pyridine rings is 1. The third kappa shape index (κ3) is 2.23. The Hall–Kier alpha value is -2.19. The summed E-state index contributed by atoms with van der Waals surface area (Å²) in [7, 11) is 0. The molecule has 3 rings (SSSR count). The van der Waals surface area contributed by atoms with Gasteiger partial charge in [-0.1, -0.05) is 54.1 Å². The van der Waals surface area contributed by atoms with Crippen molar-refractivity contribution >= 4 is 10.8 Å². The lowest BCUT2D eigenvalue weighted by Gasteiger charge is -2.13. The Morgan fingerprint density at radius 3 is 2.47 bits per heavy atom. The van der Waals surface area contributed by atoms with Gasteiger partial charge in [0.05, 0.1) is 0 Å². The molecular weight excluding hydrogens is 234 g/mol. The van der Waals surface area contributed by atoms with Crippen molar-refractivity contribution in [3.05, 3.63) is 77.6 Å². The molecule has 19 heavy (non-hydrogen) atoms. The minimum atomic E-state index is -0.640. The van der Waals surface area contributed by atoms with E-state index >= 15 is 0 Å². The Morgan fingerprint density at radius 2 is 1.68 bits per heavy atom. The van der Waals surface area contributed by atoms with Crippen LogP contribution in [0.25, 0.3) is 10.8 Å². The van der Waals surface area contributed by atoms with Gasteiger partial charge in [-0.2, -0.15) is 0 Å². The molecule has 0 amide bonds. The number of hydrogen-bond acceptors (Lipinski definition) is 2. The van der Waals surface area contributed by atoms with E-state index < -0.39 is 6.10 Å². The van der Waals surface area contributed by atoms with Gasteiger partial charge in [-0.25, -0.2) is 0 Å². The number of nitrogens with zero attached hydrogens (tertiary/aromatic N) is 1. The van der Waals surface area contributed by atoms with Gasteiger partial charge < -0.3 is 5.11 Å². The second-order valence-electron chi connectivity index (χ2n) is 4.76. The molecule has 0 spiro atoms. The molecule has 2 aromatic carbocycles. The van der Waals surface area contributed by atoms with Crippen LogP contribution in [-0.4, -0.2) is 10.1 Å². The molecule has 1 heterocycles. The van der Waals surface area contributed by atoms with E-state index in [-0.39, 0.29) is 0 Å². The monoisotopic (exact) mass is 249 g/mol. The van der Waals surface area contributed by atoms with E-state index in [1.807, 2.05) is 61.7 Å². The number of hydrogen-bond donors (Lipinski definition) is 1. The summed E-state index contributed by atoms with van der Waals surface area (Å²) in [6.45, 7) is 2.04. The highest BCUT2D eigenvalue weighted by atomic mass is 16.3. The predicted molar refractivity (Wildman–Crippen MR) is 77.0 cm³/mol. The molecule has 3 aromatic rings. The van der Waals surface area contributed by atoms with Gasteiger partial charge in [-0.15, -0.1) is 0 Å².